The summed E-state index contributed by atoms with van der Waals surface area (Å²) < 4.78 is 5.23. The van der Waals surface area contributed by atoms with Crippen LogP contribution in [0, 0.1) is 6.92 Å². The molecule has 0 amide bonds. The maximum absolute atomic E-state index is 5.23. The smallest absolute Gasteiger partial charge is 0.118 e. The predicted molar refractivity (Wildman–Crippen MR) is 88.3 cm³/mol. The van der Waals surface area contributed by atoms with E-state index < -0.39 is 0 Å². The largest absolute Gasteiger partial charge is 0.497 e. The highest BCUT2D eigenvalue weighted by atomic mass is 16.5. The van der Waals surface area contributed by atoms with Crippen molar-refractivity contribution in [2.24, 2.45) is 0 Å². The van der Waals surface area contributed by atoms with Gasteiger partial charge >= 0.3 is 0 Å². The Labute approximate surface area is 126 Å². The van der Waals surface area contributed by atoms with E-state index in [0.717, 1.165) is 18.8 Å². The van der Waals surface area contributed by atoms with Crippen LogP contribution in [0.25, 0.3) is 0 Å². The predicted octanol–water partition coefficient (Wildman–Crippen LogP) is 3.82. The maximum Gasteiger partial charge on any atom is 0.118 e. The minimum absolute atomic E-state index is 0.474. The fraction of sp³-hybridized carbons (Fsp3) is 0.333. The normalized spacial score (nSPS) is 17.1. The first-order valence-electron chi connectivity index (χ1n) is 7.42. The summed E-state index contributed by atoms with van der Waals surface area (Å²) in [7, 11) is 1.70. The molecule has 0 radical (unpaired) electrons. The zero-order valence-electron chi connectivity index (χ0n) is 12.9. The zero-order valence-corrected chi connectivity index (χ0v) is 12.9. The van der Waals surface area contributed by atoms with Crippen molar-refractivity contribution in [3.8, 4) is 5.75 Å². The summed E-state index contributed by atoms with van der Waals surface area (Å²) in [4.78, 5) is 2.47. The van der Waals surface area contributed by atoms with Gasteiger partial charge in [0.15, 0.2) is 0 Å². The summed E-state index contributed by atoms with van der Waals surface area (Å²) >= 11 is 0. The Bertz CT molecular complexity index is 622. The summed E-state index contributed by atoms with van der Waals surface area (Å²) in [6, 6.07) is 15.3. The van der Waals surface area contributed by atoms with E-state index in [9.17, 15) is 0 Å². The van der Waals surface area contributed by atoms with Crippen molar-refractivity contribution in [1.29, 1.82) is 0 Å². The summed E-state index contributed by atoms with van der Waals surface area (Å²) in [5.74, 6) is 0.906. The highest BCUT2D eigenvalue weighted by molar-refractivity contribution is 5.75. The quantitative estimate of drug-likeness (QED) is 0.926. The van der Waals surface area contributed by atoms with Crippen LogP contribution in [0.2, 0.25) is 0 Å². The van der Waals surface area contributed by atoms with Gasteiger partial charge < -0.3 is 15.0 Å². The Morgan fingerprint density at radius 1 is 1.19 bits per heavy atom. The highest BCUT2D eigenvalue weighted by Crippen LogP contribution is 2.35. The van der Waals surface area contributed by atoms with Crippen LogP contribution in [0.5, 0.6) is 5.75 Å². The molecule has 1 aliphatic rings. The first-order chi connectivity index (χ1) is 10.2. The molecule has 3 nitrogen and oxygen atoms in total. The molecule has 3 heteroatoms. The van der Waals surface area contributed by atoms with Crippen LogP contribution in [0.1, 0.15) is 18.1 Å². The minimum atomic E-state index is 0.474. The molecule has 21 heavy (non-hydrogen) atoms. The Kier molecular flexibility index (Phi) is 3.74. The molecule has 1 atom stereocenters. The van der Waals surface area contributed by atoms with E-state index in [1.165, 1.54) is 22.5 Å². The lowest BCUT2D eigenvalue weighted by molar-refractivity contribution is 0.414. The second kappa shape index (κ2) is 5.68. The summed E-state index contributed by atoms with van der Waals surface area (Å²) in [6.07, 6.45) is 0. The topological polar surface area (TPSA) is 24.5 Å². The Hall–Kier alpha value is -2.16. The molecule has 1 aliphatic heterocycles. The third-order valence-electron chi connectivity index (χ3n) is 4.18. The third-order valence-corrected chi connectivity index (χ3v) is 4.18. The number of ether oxygens (including phenoxy) is 1. The van der Waals surface area contributed by atoms with Crippen molar-refractivity contribution in [1.82, 2.24) is 0 Å². The molecule has 2 aromatic rings. The average Bonchev–Trinajstić information content (AvgIpc) is 2.51. The lowest BCUT2D eigenvalue weighted by Gasteiger charge is -2.38. The second-order valence-electron chi connectivity index (χ2n) is 5.67. The number of hydrogen-bond donors (Lipinski definition) is 1. The monoisotopic (exact) mass is 282 g/mol. The minimum Gasteiger partial charge on any atom is -0.497 e. The second-order valence-corrected chi connectivity index (χ2v) is 5.67. The number of methoxy groups -OCH3 is 1. The van der Waals surface area contributed by atoms with Crippen LogP contribution in [0.4, 0.5) is 11.4 Å². The van der Waals surface area contributed by atoms with Gasteiger partial charge in [-0.2, -0.15) is 0 Å². The summed E-state index contributed by atoms with van der Waals surface area (Å²) in [5.41, 5.74) is 5.17. The highest BCUT2D eigenvalue weighted by Gasteiger charge is 2.23. The molecule has 1 heterocycles. The molecule has 0 aromatic heterocycles. The molecule has 0 fully saturated rings. The van der Waals surface area contributed by atoms with Gasteiger partial charge in [-0.15, -0.1) is 0 Å². The van der Waals surface area contributed by atoms with Gasteiger partial charge in [-0.1, -0.05) is 24.3 Å². The van der Waals surface area contributed by atoms with Crippen LogP contribution >= 0.6 is 0 Å². The van der Waals surface area contributed by atoms with E-state index in [2.05, 4.69) is 54.4 Å². The molecular formula is C18H22N2O. The molecular weight excluding hydrogens is 260 g/mol. The van der Waals surface area contributed by atoms with Gasteiger partial charge in [0, 0.05) is 19.1 Å². The lowest BCUT2D eigenvalue weighted by atomic mass is 10.0. The number of aryl methyl sites for hydroxylation is 1. The molecule has 1 N–H and O–H groups in total. The molecule has 3 rings (SSSR count). The van der Waals surface area contributed by atoms with Gasteiger partial charge in [0.25, 0.3) is 0 Å². The molecule has 0 aliphatic carbocycles. The zero-order chi connectivity index (χ0) is 14.8. The fourth-order valence-corrected chi connectivity index (χ4v) is 2.89. The van der Waals surface area contributed by atoms with E-state index >= 15 is 0 Å². The van der Waals surface area contributed by atoms with Gasteiger partial charge in [-0.25, -0.2) is 0 Å². The summed E-state index contributed by atoms with van der Waals surface area (Å²) in [5, 5.41) is 3.55. The molecule has 0 saturated carbocycles. The number of hydrogen-bond acceptors (Lipinski definition) is 3. The third kappa shape index (κ3) is 2.68. The number of rotatable bonds is 3. The lowest BCUT2D eigenvalue weighted by Crippen LogP contribution is -2.41. The van der Waals surface area contributed by atoms with Gasteiger partial charge in [0.2, 0.25) is 0 Å². The maximum atomic E-state index is 5.23. The molecule has 0 saturated heterocycles. The van der Waals surface area contributed by atoms with Gasteiger partial charge in [0.05, 0.1) is 18.5 Å². The van der Waals surface area contributed by atoms with Crippen molar-refractivity contribution < 1.29 is 4.74 Å². The van der Waals surface area contributed by atoms with Crippen LogP contribution in [-0.2, 0) is 6.54 Å². The van der Waals surface area contributed by atoms with Crippen molar-refractivity contribution in [3.05, 3.63) is 53.6 Å². The average molecular weight is 282 g/mol. The van der Waals surface area contributed by atoms with Crippen molar-refractivity contribution in [3.63, 3.8) is 0 Å². The Balaban J connectivity index is 1.89. The number of benzene rings is 2. The molecule has 0 spiro atoms. The van der Waals surface area contributed by atoms with E-state index in [1.807, 2.05) is 12.1 Å². The fourth-order valence-electron chi connectivity index (χ4n) is 2.89. The van der Waals surface area contributed by atoms with E-state index in [0.29, 0.717) is 6.04 Å². The van der Waals surface area contributed by atoms with Gasteiger partial charge in [0.1, 0.15) is 5.75 Å². The first kappa shape index (κ1) is 13.8. The number of fused-ring (bicyclic) bond motifs is 1. The van der Waals surface area contributed by atoms with Crippen LogP contribution in [0.3, 0.4) is 0 Å². The van der Waals surface area contributed by atoms with Crippen molar-refractivity contribution >= 4 is 11.4 Å². The van der Waals surface area contributed by atoms with E-state index in [-0.39, 0.29) is 0 Å². The molecule has 2 aromatic carbocycles. The van der Waals surface area contributed by atoms with Crippen molar-refractivity contribution in [2.75, 3.05) is 23.9 Å². The summed E-state index contributed by atoms with van der Waals surface area (Å²) in [6.45, 7) is 6.33. The van der Waals surface area contributed by atoms with Gasteiger partial charge in [-0.3, -0.25) is 0 Å². The van der Waals surface area contributed by atoms with Gasteiger partial charge in [-0.05, 0) is 43.2 Å². The van der Waals surface area contributed by atoms with E-state index in [4.69, 9.17) is 4.74 Å². The van der Waals surface area contributed by atoms with E-state index in [1.54, 1.807) is 7.11 Å². The Morgan fingerprint density at radius 2 is 1.95 bits per heavy atom. The van der Waals surface area contributed by atoms with Crippen molar-refractivity contribution in [2.45, 2.75) is 26.4 Å². The first-order valence-corrected chi connectivity index (χ1v) is 7.42. The number of anilines is 2. The molecule has 0 bridgehead atoms. The number of para-hydroxylation sites is 1. The van der Waals surface area contributed by atoms with Crippen LogP contribution in [-0.4, -0.2) is 19.7 Å². The van der Waals surface area contributed by atoms with Crippen LogP contribution in [0.15, 0.2) is 42.5 Å². The Morgan fingerprint density at radius 3 is 2.67 bits per heavy atom. The molecule has 110 valence electrons. The molecule has 1 unspecified atom stereocenters. The number of nitrogens with zero attached hydrogens (tertiary/aromatic N) is 1. The SMILES string of the molecule is COc1ccc(CN2c3cccc(C)c3NCC2C)cc1. The van der Waals surface area contributed by atoms with Crippen LogP contribution < -0.4 is 15.0 Å². The standard InChI is InChI=1S/C18H22N2O/c1-13-5-4-6-17-18(13)19-11-14(2)20(17)12-15-7-9-16(21-3)10-8-15/h4-10,14,19H,11-12H2,1-3H3. The number of nitrogens with one attached hydrogen (secondary N) is 1.